The van der Waals surface area contributed by atoms with E-state index in [0.29, 0.717) is 5.92 Å². The van der Waals surface area contributed by atoms with Gasteiger partial charge in [-0.3, -0.25) is 0 Å². The number of allylic oxidation sites excluding steroid dienone is 6. The van der Waals surface area contributed by atoms with Gasteiger partial charge in [0.25, 0.3) is 0 Å². The predicted octanol–water partition coefficient (Wildman–Crippen LogP) is 5.04. The summed E-state index contributed by atoms with van der Waals surface area (Å²) in [5.41, 5.74) is 3.08. The molecule has 0 aromatic heterocycles. The summed E-state index contributed by atoms with van der Waals surface area (Å²) in [6, 6.07) is 0. The Morgan fingerprint density at radius 3 is 2.47 bits per heavy atom. The number of hydrogen-bond donors (Lipinski definition) is 0. The largest absolute Gasteiger partial charge is 0.0879 e. The Labute approximate surface area is 94.8 Å². The lowest BCUT2D eigenvalue weighted by atomic mass is 10.0. The molecule has 0 heterocycles. The van der Waals surface area contributed by atoms with Gasteiger partial charge < -0.3 is 0 Å². The van der Waals surface area contributed by atoms with E-state index in [0.717, 1.165) is 0 Å². The fourth-order valence-corrected chi connectivity index (χ4v) is 1.86. The second-order valence-corrected chi connectivity index (χ2v) is 4.82. The van der Waals surface area contributed by atoms with Crippen LogP contribution in [0.1, 0.15) is 52.9 Å². The van der Waals surface area contributed by atoms with E-state index in [9.17, 15) is 0 Å². The monoisotopic (exact) mass is 204 g/mol. The molecule has 0 nitrogen and oxygen atoms in total. The van der Waals surface area contributed by atoms with Crippen LogP contribution in [0, 0.1) is 5.92 Å². The fraction of sp³-hybridized carbons (Fsp3) is 0.600. The van der Waals surface area contributed by atoms with E-state index in [1.807, 2.05) is 0 Å². The lowest BCUT2D eigenvalue weighted by Crippen LogP contribution is -1.89. The molecule has 0 amide bonds. The molecule has 1 rings (SSSR count). The molecule has 0 N–H and O–H groups in total. The Hall–Kier alpha value is -0.780. The van der Waals surface area contributed by atoms with Crippen molar-refractivity contribution >= 4 is 0 Å². The van der Waals surface area contributed by atoms with Crippen molar-refractivity contribution in [1.82, 2.24) is 0 Å². The van der Waals surface area contributed by atoms with Crippen LogP contribution in [-0.4, -0.2) is 0 Å². The van der Waals surface area contributed by atoms with Crippen LogP contribution in [-0.2, 0) is 0 Å². The Balaban J connectivity index is 2.62. The van der Waals surface area contributed by atoms with Crippen molar-refractivity contribution in [2.24, 2.45) is 5.92 Å². The molecule has 0 saturated carbocycles. The quantitative estimate of drug-likeness (QED) is 0.485. The minimum atomic E-state index is 0.698. The van der Waals surface area contributed by atoms with Gasteiger partial charge in [-0.25, -0.2) is 0 Å². The zero-order chi connectivity index (χ0) is 11.1. The molecule has 0 aromatic rings. The van der Waals surface area contributed by atoms with Crippen LogP contribution >= 0.6 is 0 Å². The van der Waals surface area contributed by atoms with Gasteiger partial charge in [-0.1, -0.05) is 42.4 Å². The normalized spacial score (nSPS) is 30.5. The topological polar surface area (TPSA) is 0 Å². The summed E-state index contributed by atoms with van der Waals surface area (Å²) >= 11 is 0. The second-order valence-electron chi connectivity index (χ2n) is 4.82. The summed E-state index contributed by atoms with van der Waals surface area (Å²) < 4.78 is 0. The summed E-state index contributed by atoms with van der Waals surface area (Å²) in [5, 5.41) is 0. The highest BCUT2D eigenvalue weighted by Gasteiger charge is 1.97. The van der Waals surface area contributed by atoms with Crippen LogP contribution in [0.25, 0.3) is 0 Å². The fourth-order valence-electron chi connectivity index (χ4n) is 1.86. The maximum absolute atomic E-state index is 2.40. The third-order valence-electron chi connectivity index (χ3n) is 3.04. The molecule has 0 radical (unpaired) electrons. The molecule has 0 spiro atoms. The van der Waals surface area contributed by atoms with E-state index in [-0.39, 0.29) is 0 Å². The Bertz CT molecular complexity index is 266. The van der Waals surface area contributed by atoms with Gasteiger partial charge in [0, 0.05) is 0 Å². The second kappa shape index (κ2) is 6.66. The van der Waals surface area contributed by atoms with E-state index in [1.54, 1.807) is 11.1 Å². The van der Waals surface area contributed by atoms with Crippen LogP contribution in [0.2, 0.25) is 0 Å². The summed E-state index contributed by atoms with van der Waals surface area (Å²) in [6.07, 6.45) is 15.6. The van der Waals surface area contributed by atoms with Gasteiger partial charge >= 0.3 is 0 Å². The van der Waals surface area contributed by atoms with Crippen LogP contribution in [0.5, 0.6) is 0 Å². The maximum Gasteiger partial charge on any atom is -0.0227 e. The van der Waals surface area contributed by atoms with Crippen molar-refractivity contribution < 1.29 is 0 Å². The molecule has 1 aliphatic carbocycles. The molecule has 1 unspecified atom stereocenters. The van der Waals surface area contributed by atoms with E-state index in [1.165, 1.54) is 32.1 Å². The number of hydrogen-bond acceptors (Lipinski definition) is 0. The van der Waals surface area contributed by atoms with Gasteiger partial charge in [0.2, 0.25) is 0 Å². The molecule has 0 heteroatoms. The SMILES string of the molecule is CC1=CCC/C(C)=C/CC(C)/C=C/CC1. The van der Waals surface area contributed by atoms with Crippen molar-refractivity contribution in [3.05, 3.63) is 35.5 Å². The van der Waals surface area contributed by atoms with E-state index in [2.05, 4.69) is 45.1 Å². The zero-order valence-corrected chi connectivity index (χ0v) is 10.4. The van der Waals surface area contributed by atoms with Gasteiger partial charge in [0.15, 0.2) is 0 Å². The first-order valence-corrected chi connectivity index (χ1v) is 6.16. The minimum Gasteiger partial charge on any atom is -0.0879 e. The van der Waals surface area contributed by atoms with Gasteiger partial charge in [0.05, 0.1) is 0 Å². The third kappa shape index (κ3) is 5.61. The summed E-state index contributed by atoms with van der Waals surface area (Å²) in [5.74, 6) is 0.698. The molecule has 0 aliphatic heterocycles. The van der Waals surface area contributed by atoms with Crippen molar-refractivity contribution in [1.29, 1.82) is 0 Å². The van der Waals surface area contributed by atoms with Crippen LogP contribution in [0.3, 0.4) is 0 Å². The van der Waals surface area contributed by atoms with Crippen molar-refractivity contribution in [2.75, 3.05) is 0 Å². The first-order valence-electron chi connectivity index (χ1n) is 6.16. The molecular weight excluding hydrogens is 180 g/mol. The molecule has 0 fully saturated rings. The average molecular weight is 204 g/mol. The van der Waals surface area contributed by atoms with E-state index >= 15 is 0 Å². The standard InChI is InChI=1S/C15H24/c1-13-7-4-5-8-14(2)11-12-15(3)10-6-9-13/h5,8-9,12,14H,4,6-7,10-11H2,1-3H3/b8-5+,13-9?,15-12+. The first-order chi connectivity index (χ1) is 7.18. The zero-order valence-electron chi connectivity index (χ0n) is 10.4. The smallest absolute Gasteiger partial charge is 0.0227 e. The summed E-state index contributed by atoms with van der Waals surface area (Å²) in [6.45, 7) is 6.81. The van der Waals surface area contributed by atoms with Gasteiger partial charge in [-0.15, -0.1) is 0 Å². The van der Waals surface area contributed by atoms with Crippen LogP contribution in [0.4, 0.5) is 0 Å². The molecule has 1 aliphatic rings. The first kappa shape index (κ1) is 12.3. The average Bonchev–Trinajstić information content (AvgIpc) is 2.20. The van der Waals surface area contributed by atoms with Gasteiger partial charge in [-0.2, -0.15) is 0 Å². The summed E-state index contributed by atoms with van der Waals surface area (Å²) in [4.78, 5) is 0. The van der Waals surface area contributed by atoms with Crippen LogP contribution < -0.4 is 0 Å². The summed E-state index contributed by atoms with van der Waals surface area (Å²) in [7, 11) is 0. The Morgan fingerprint density at radius 1 is 1.00 bits per heavy atom. The highest BCUT2D eigenvalue weighted by molar-refractivity contribution is 5.06. The lowest BCUT2D eigenvalue weighted by Gasteiger charge is -2.06. The molecule has 1 atom stereocenters. The highest BCUT2D eigenvalue weighted by atomic mass is 14.0. The maximum atomic E-state index is 2.40. The molecule has 0 saturated heterocycles. The molecule has 0 aromatic carbocycles. The molecular formula is C15H24. The van der Waals surface area contributed by atoms with Gasteiger partial charge in [0.1, 0.15) is 0 Å². The molecule has 0 bridgehead atoms. The Morgan fingerprint density at radius 2 is 1.67 bits per heavy atom. The molecule has 84 valence electrons. The lowest BCUT2D eigenvalue weighted by molar-refractivity contribution is 0.729. The predicted molar refractivity (Wildman–Crippen MR) is 68.9 cm³/mol. The third-order valence-corrected chi connectivity index (χ3v) is 3.04. The number of rotatable bonds is 0. The van der Waals surface area contributed by atoms with E-state index in [4.69, 9.17) is 0 Å². The Kier molecular flexibility index (Phi) is 5.45. The van der Waals surface area contributed by atoms with Crippen molar-refractivity contribution in [2.45, 2.75) is 52.9 Å². The minimum absolute atomic E-state index is 0.698. The van der Waals surface area contributed by atoms with Gasteiger partial charge in [-0.05, 0) is 51.9 Å². The molecule has 15 heavy (non-hydrogen) atoms. The van der Waals surface area contributed by atoms with Crippen molar-refractivity contribution in [3.8, 4) is 0 Å². The highest BCUT2D eigenvalue weighted by Crippen LogP contribution is 2.15. The van der Waals surface area contributed by atoms with Crippen LogP contribution in [0.15, 0.2) is 35.5 Å². The van der Waals surface area contributed by atoms with E-state index < -0.39 is 0 Å². The van der Waals surface area contributed by atoms with Crippen molar-refractivity contribution in [3.63, 3.8) is 0 Å².